The molecule has 1 aromatic heterocycles. The van der Waals surface area contributed by atoms with Gasteiger partial charge in [0, 0.05) is 47.0 Å². The van der Waals surface area contributed by atoms with Gasteiger partial charge in [-0.15, -0.1) is 0 Å². The van der Waals surface area contributed by atoms with E-state index < -0.39 is 0 Å². The van der Waals surface area contributed by atoms with Crippen molar-refractivity contribution in [1.82, 2.24) is 4.98 Å². The number of aromatic nitrogens is 1. The molecule has 1 saturated carbocycles. The quantitative estimate of drug-likeness (QED) is 0.751. The Labute approximate surface area is 119 Å². The number of nitrogens with two attached hydrogens (primary N) is 1. The molecule has 2 atom stereocenters. The average Bonchev–Trinajstić information content (AvgIpc) is 2.48. The first kappa shape index (κ1) is 13.2. The van der Waals surface area contributed by atoms with Crippen LogP contribution in [0.4, 0.5) is 11.4 Å². The van der Waals surface area contributed by atoms with E-state index in [9.17, 15) is 5.11 Å². The van der Waals surface area contributed by atoms with Crippen molar-refractivity contribution >= 4 is 22.1 Å². The Bertz CT molecular complexity index is 599. The molecule has 1 aliphatic rings. The molecule has 20 heavy (non-hydrogen) atoms. The molecule has 0 aliphatic heterocycles. The van der Waals surface area contributed by atoms with Crippen LogP contribution >= 0.6 is 0 Å². The molecule has 1 aliphatic carbocycles. The van der Waals surface area contributed by atoms with E-state index in [-0.39, 0.29) is 6.10 Å². The summed E-state index contributed by atoms with van der Waals surface area (Å²) in [7, 11) is 0. The number of nitrogen functional groups attached to an aromatic ring is 1. The average molecular weight is 271 g/mol. The highest BCUT2D eigenvalue weighted by Crippen LogP contribution is 2.29. The standard InChI is InChI=1S/C16H21N3O/c17-14-5-6-15(12-7-8-18-10-13(12)14)19-9-11-3-1-2-4-16(11)20/h5-8,10-11,16,19-20H,1-4,9,17H2. The molecule has 4 heteroatoms. The van der Waals surface area contributed by atoms with Gasteiger partial charge in [0.1, 0.15) is 0 Å². The summed E-state index contributed by atoms with van der Waals surface area (Å²) in [5, 5.41) is 15.6. The van der Waals surface area contributed by atoms with E-state index in [4.69, 9.17) is 5.73 Å². The first-order chi connectivity index (χ1) is 9.75. The van der Waals surface area contributed by atoms with Gasteiger partial charge in [0.25, 0.3) is 0 Å². The Morgan fingerprint density at radius 1 is 1.20 bits per heavy atom. The second-order valence-corrected chi connectivity index (χ2v) is 5.62. The van der Waals surface area contributed by atoms with Crippen LogP contribution in [0.25, 0.3) is 10.8 Å². The van der Waals surface area contributed by atoms with E-state index in [1.54, 1.807) is 12.4 Å². The van der Waals surface area contributed by atoms with Crippen LogP contribution in [0.15, 0.2) is 30.6 Å². The predicted molar refractivity (Wildman–Crippen MR) is 82.6 cm³/mol. The Morgan fingerprint density at radius 3 is 2.90 bits per heavy atom. The second-order valence-electron chi connectivity index (χ2n) is 5.62. The molecule has 1 heterocycles. The molecule has 0 amide bonds. The molecule has 4 nitrogen and oxygen atoms in total. The summed E-state index contributed by atoms with van der Waals surface area (Å²) in [5.74, 6) is 0.346. The van der Waals surface area contributed by atoms with E-state index >= 15 is 0 Å². The number of aliphatic hydroxyl groups is 1. The number of pyridine rings is 1. The third-order valence-corrected chi connectivity index (χ3v) is 4.28. The maximum atomic E-state index is 10.0. The highest BCUT2D eigenvalue weighted by atomic mass is 16.3. The molecule has 2 aromatic rings. The van der Waals surface area contributed by atoms with Gasteiger partial charge in [0.05, 0.1) is 6.10 Å². The Hall–Kier alpha value is -1.81. The number of fused-ring (bicyclic) bond motifs is 1. The minimum absolute atomic E-state index is 0.169. The van der Waals surface area contributed by atoms with E-state index in [0.29, 0.717) is 5.92 Å². The maximum Gasteiger partial charge on any atom is 0.0585 e. The lowest BCUT2D eigenvalue weighted by atomic mass is 9.86. The van der Waals surface area contributed by atoms with Gasteiger partial charge >= 0.3 is 0 Å². The summed E-state index contributed by atoms with van der Waals surface area (Å²) >= 11 is 0. The Balaban J connectivity index is 1.79. The first-order valence-corrected chi connectivity index (χ1v) is 7.30. The van der Waals surface area contributed by atoms with Crippen molar-refractivity contribution in [1.29, 1.82) is 0 Å². The fraction of sp³-hybridized carbons (Fsp3) is 0.438. The van der Waals surface area contributed by atoms with Crippen molar-refractivity contribution in [3.05, 3.63) is 30.6 Å². The normalized spacial score (nSPS) is 22.9. The molecule has 106 valence electrons. The highest BCUT2D eigenvalue weighted by molar-refractivity contribution is 6.00. The third kappa shape index (κ3) is 2.56. The third-order valence-electron chi connectivity index (χ3n) is 4.28. The molecule has 0 radical (unpaired) electrons. The zero-order chi connectivity index (χ0) is 13.9. The number of anilines is 2. The minimum Gasteiger partial charge on any atom is -0.398 e. The van der Waals surface area contributed by atoms with Crippen molar-refractivity contribution in [2.24, 2.45) is 5.92 Å². The minimum atomic E-state index is -0.169. The predicted octanol–water partition coefficient (Wildman–Crippen LogP) is 2.78. The molecule has 0 spiro atoms. The summed E-state index contributed by atoms with van der Waals surface area (Å²) in [4.78, 5) is 4.13. The monoisotopic (exact) mass is 271 g/mol. The molecule has 2 unspecified atom stereocenters. The number of benzene rings is 1. The van der Waals surface area contributed by atoms with Gasteiger partial charge in [-0.2, -0.15) is 0 Å². The lowest BCUT2D eigenvalue weighted by molar-refractivity contribution is 0.0763. The van der Waals surface area contributed by atoms with Crippen LogP contribution < -0.4 is 11.1 Å². The van der Waals surface area contributed by atoms with Crippen LogP contribution in [0.3, 0.4) is 0 Å². The second kappa shape index (κ2) is 5.67. The largest absolute Gasteiger partial charge is 0.398 e. The zero-order valence-corrected chi connectivity index (χ0v) is 11.5. The SMILES string of the molecule is Nc1ccc(NCC2CCCCC2O)c2ccncc12. The lowest BCUT2D eigenvalue weighted by Crippen LogP contribution is -2.30. The van der Waals surface area contributed by atoms with Crippen molar-refractivity contribution in [3.8, 4) is 0 Å². The van der Waals surface area contributed by atoms with Crippen LogP contribution in [0.5, 0.6) is 0 Å². The van der Waals surface area contributed by atoms with Crippen LogP contribution in [0.2, 0.25) is 0 Å². The molecule has 4 N–H and O–H groups in total. The maximum absolute atomic E-state index is 10.0. The fourth-order valence-electron chi connectivity index (χ4n) is 3.03. The number of hydrogen-bond donors (Lipinski definition) is 3. The van der Waals surface area contributed by atoms with Gasteiger partial charge in [0.2, 0.25) is 0 Å². The fourth-order valence-corrected chi connectivity index (χ4v) is 3.03. The van der Waals surface area contributed by atoms with Crippen molar-refractivity contribution in [2.45, 2.75) is 31.8 Å². The molecular formula is C16H21N3O. The van der Waals surface area contributed by atoms with E-state index in [1.807, 2.05) is 18.2 Å². The number of aliphatic hydroxyl groups excluding tert-OH is 1. The van der Waals surface area contributed by atoms with E-state index in [1.165, 1.54) is 6.42 Å². The molecule has 0 bridgehead atoms. The van der Waals surface area contributed by atoms with Gasteiger partial charge < -0.3 is 16.2 Å². The van der Waals surface area contributed by atoms with Crippen molar-refractivity contribution < 1.29 is 5.11 Å². The van der Waals surface area contributed by atoms with Crippen molar-refractivity contribution in [2.75, 3.05) is 17.6 Å². The zero-order valence-electron chi connectivity index (χ0n) is 11.5. The number of nitrogens with zero attached hydrogens (tertiary/aromatic N) is 1. The highest BCUT2D eigenvalue weighted by Gasteiger charge is 2.22. The van der Waals surface area contributed by atoms with E-state index in [2.05, 4.69) is 10.3 Å². The Kier molecular flexibility index (Phi) is 3.74. The van der Waals surface area contributed by atoms with Gasteiger partial charge in [-0.3, -0.25) is 4.98 Å². The van der Waals surface area contributed by atoms with Gasteiger partial charge in [0.15, 0.2) is 0 Å². The van der Waals surface area contributed by atoms with E-state index in [0.717, 1.165) is 48.0 Å². The summed E-state index contributed by atoms with van der Waals surface area (Å²) < 4.78 is 0. The molecule has 0 saturated heterocycles. The van der Waals surface area contributed by atoms with Gasteiger partial charge in [-0.1, -0.05) is 12.8 Å². The number of rotatable bonds is 3. The first-order valence-electron chi connectivity index (χ1n) is 7.30. The van der Waals surface area contributed by atoms with Crippen LogP contribution in [-0.4, -0.2) is 22.7 Å². The smallest absolute Gasteiger partial charge is 0.0585 e. The van der Waals surface area contributed by atoms with Crippen LogP contribution in [0.1, 0.15) is 25.7 Å². The van der Waals surface area contributed by atoms with Gasteiger partial charge in [-0.05, 0) is 31.0 Å². The number of hydrogen-bond acceptors (Lipinski definition) is 4. The summed E-state index contributed by atoms with van der Waals surface area (Å²) in [6, 6.07) is 5.89. The summed E-state index contributed by atoms with van der Waals surface area (Å²) in [6.07, 6.45) is 7.80. The number of nitrogens with one attached hydrogen (secondary N) is 1. The summed E-state index contributed by atoms with van der Waals surface area (Å²) in [5.41, 5.74) is 7.79. The molecule has 3 rings (SSSR count). The Morgan fingerprint density at radius 2 is 2.05 bits per heavy atom. The topological polar surface area (TPSA) is 71.2 Å². The molecular weight excluding hydrogens is 250 g/mol. The summed E-state index contributed by atoms with van der Waals surface area (Å²) in [6.45, 7) is 0.808. The molecule has 1 fully saturated rings. The van der Waals surface area contributed by atoms with Crippen molar-refractivity contribution in [3.63, 3.8) is 0 Å². The van der Waals surface area contributed by atoms with Gasteiger partial charge in [-0.25, -0.2) is 0 Å². The van der Waals surface area contributed by atoms with Crippen LogP contribution in [0, 0.1) is 5.92 Å². The lowest BCUT2D eigenvalue weighted by Gasteiger charge is -2.28. The molecule has 1 aromatic carbocycles. The van der Waals surface area contributed by atoms with Crippen LogP contribution in [-0.2, 0) is 0 Å².